The molecule has 0 radical (unpaired) electrons. The highest BCUT2D eigenvalue weighted by atomic mass is 79.9. The van der Waals surface area contributed by atoms with Gasteiger partial charge in [-0.05, 0) is 36.0 Å². The number of rotatable bonds is 6. The molecule has 0 heterocycles. The fourth-order valence-electron chi connectivity index (χ4n) is 3.23. The lowest BCUT2D eigenvalue weighted by Gasteiger charge is -2.34. The van der Waals surface area contributed by atoms with Crippen LogP contribution in [-0.2, 0) is 16.1 Å². The van der Waals surface area contributed by atoms with Gasteiger partial charge in [-0.25, -0.2) is 0 Å². The van der Waals surface area contributed by atoms with Crippen molar-refractivity contribution in [2.24, 2.45) is 11.8 Å². The molecular weight excluding hydrogens is 368 g/mol. The smallest absolute Gasteiger partial charge is 0.220 e. The lowest BCUT2D eigenvalue weighted by molar-refractivity contribution is -0.127. The Kier molecular flexibility index (Phi) is 7.28. The van der Waals surface area contributed by atoms with Crippen LogP contribution < -0.4 is 10.6 Å². The maximum absolute atomic E-state index is 12.1. The molecule has 24 heavy (non-hydrogen) atoms. The molecule has 2 rings (SSSR count). The second-order valence-corrected chi connectivity index (χ2v) is 7.76. The molecule has 5 heteroatoms. The van der Waals surface area contributed by atoms with Gasteiger partial charge in [-0.15, -0.1) is 0 Å². The zero-order valence-corrected chi connectivity index (χ0v) is 16.1. The molecule has 0 unspecified atom stereocenters. The Labute approximate surface area is 152 Å². The van der Waals surface area contributed by atoms with E-state index in [0.29, 0.717) is 18.4 Å². The zero-order chi connectivity index (χ0) is 17.5. The summed E-state index contributed by atoms with van der Waals surface area (Å²) in [6, 6.07) is 8.07. The summed E-state index contributed by atoms with van der Waals surface area (Å²) in [6.45, 7) is 4.94. The third-order valence-electron chi connectivity index (χ3n) is 5.01. The fraction of sp³-hybridized carbons (Fsp3) is 0.579. The number of carbonyl (C=O) groups excluding carboxylic acids is 2. The predicted molar refractivity (Wildman–Crippen MR) is 99.3 cm³/mol. The van der Waals surface area contributed by atoms with Gasteiger partial charge in [0.15, 0.2) is 0 Å². The van der Waals surface area contributed by atoms with Crippen LogP contribution >= 0.6 is 15.9 Å². The van der Waals surface area contributed by atoms with E-state index in [4.69, 9.17) is 0 Å². The first-order chi connectivity index (χ1) is 11.5. The summed E-state index contributed by atoms with van der Waals surface area (Å²) in [4.78, 5) is 24.0. The van der Waals surface area contributed by atoms with Gasteiger partial charge in [0.1, 0.15) is 0 Å². The molecule has 0 aromatic heterocycles. The summed E-state index contributed by atoms with van der Waals surface area (Å²) < 4.78 is 0.990. The largest absolute Gasteiger partial charge is 0.353 e. The van der Waals surface area contributed by atoms with Crippen molar-refractivity contribution in [3.05, 3.63) is 34.3 Å². The predicted octanol–water partition coefficient (Wildman–Crippen LogP) is 3.79. The van der Waals surface area contributed by atoms with E-state index in [1.54, 1.807) is 0 Å². The minimum absolute atomic E-state index is 0.0152. The van der Waals surface area contributed by atoms with Crippen molar-refractivity contribution >= 4 is 27.7 Å². The van der Waals surface area contributed by atoms with Crippen LogP contribution in [0.1, 0.15) is 51.5 Å². The molecule has 0 bridgehead atoms. The van der Waals surface area contributed by atoms with Gasteiger partial charge in [-0.3, -0.25) is 9.59 Å². The van der Waals surface area contributed by atoms with Crippen molar-refractivity contribution in [2.45, 2.75) is 58.5 Å². The summed E-state index contributed by atoms with van der Waals surface area (Å²) in [5, 5.41) is 5.97. The second kappa shape index (κ2) is 9.21. The molecule has 1 aromatic carbocycles. The Morgan fingerprint density at radius 1 is 1.17 bits per heavy atom. The van der Waals surface area contributed by atoms with Crippen LogP contribution in [0.25, 0.3) is 0 Å². The van der Waals surface area contributed by atoms with Crippen molar-refractivity contribution in [1.29, 1.82) is 0 Å². The van der Waals surface area contributed by atoms with Crippen molar-refractivity contribution in [3.8, 4) is 0 Å². The molecule has 2 amide bonds. The van der Waals surface area contributed by atoms with Crippen molar-refractivity contribution in [1.82, 2.24) is 10.6 Å². The highest BCUT2D eigenvalue weighted by Crippen LogP contribution is 2.29. The van der Waals surface area contributed by atoms with E-state index in [0.717, 1.165) is 16.5 Å². The minimum Gasteiger partial charge on any atom is -0.353 e. The molecule has 1 saturated carbocycles. The lowest BCUT2D eigenvalue weighted by atomic mass is 9.78. The quantitative estimate of drug-likeness (QED) is 0.770. The highest BCUT2D eigenvalue weighted by Gasteiger charge is 2.28. The summed E-state index contributed by atoms with van der Waals surface area (Å²) in [7, 11) is 0. The molecule has 4 nitrogen and oxygen atoms in total. The first-order valence-electron chi connectivity index (χ1n) is 8.76. The molecule has 1 aliphatic rings. The Morgan fingerprint density at radius 3 is 2.67 bits per heavy atom. The first kappa shape index (κ1) is 19.0. The number of amides is 2. The Bertz CT molecular complexity index is 576. The van der Waals surface area contributed by atoms with Gasteiger partial charge in [-0.2, -0.15) is 0 Å². The molecule has 1 fully saturated rings. The number of nitrogens with one attached hydrogen (secondary N) is 2. The van der Waals surface area contributed by atoms with Crippen molar-refractivity contribution in [3.63, 3.8) is 0 Å². The van der Waals surface area contributed by atoms with Crippen LogP contribution in [0.15, 0.2) is 28.7 Å². The van der Waals surface area contributed by atoms with Gasteiger partial charge in [0.2, 0.25) is 11.8 Å². The maximum atomic E-state index is 12.1. The lowest BCUT2D eigenvalue weighted by Crippen LogP contribution is -2.43. The van der Waals surface area contributed by atoms with Gasteiger partial charge in [-0.1, -0.05) is 54.8 Å². The van der Waals surface area contributed by atoms with Gasteiger partial charge in [0.25, 0.3) is 0 Å². The van der Waals surface area contributed by atoms with Crippen LogP contribution in [0, 0.1) is 11.8 Å². The van der Waals surface area contributed by atoms with Gasteiger partial charge in [0, 0.05) is 29.9 Å². The molecule has 1 aromatic rings. The van der Waals surface area contributed by atoms with Crippen LogP contribution in [0.5, 0.6) is 0 Å². The topological polar surface area (TPSA) is 58.2 Å². The Hall–Kier alpha value is -1.36. The molecule has 1 aliphatic carbocycles. The molecule has 0 saturated heterocycles. The standard InChI is InChI=1S/C19H27BrN2O2/c1-13-5-3-8-17(14(13)2)22-19(24)10-9-18(23)21-12-15-6-4-7-16(20)11-15/h4,6-7,11,13-14,17H,3,5,8-10,12H2,1-2H3,(H,21,23)(H,22,24)/t13-,14+,17+/m1/s1. The third-order valence-corrected chi connectivity index (χ3v) is 5.50. The summed E-state index contributed by atoms with van der Waals surface area (Å²) in [5.74, 6) is 1.05. The first-order valence-corrected chi connectivity index (χ1v) is 9.55. The molecule has 3 atom stereocenters. The van der Waals surface area contributed by atoms with Crippen LogP contribution in [0.2, 0.25) is 0 Å². The van der Waals surface area contributed by atoms with E-state index in [9.17, 15) is 9.59 Å². The molecule has 2 N–H and O–H groups in total. The van der Waals surface area contributed by atoms with Gasteiger partial charge >= 0.3 is 0 Å². The molecular formula is C19H27BrN2O2. The average molecular weight is 395 g/mol. The number of hydrogen-bond donors (Lipinski definition) is 2. The normalized spacial score (nSPS) is 23.5. The van der Waals surface area contributed by atoms with E-state index in [1.165, 1.54) is 12.8 Å². The van der Waals surface area contributed by atoms with E-state index in [2.05, 4.69) is 40.4 Å². The van der Waals surface area contributed by atoms with Crippen molar-refractivity contribution in [2.75, 3.05) is 0 Å². The third kappa shape index (κ3) is 5.93. The average Bonchev–Trinajstić information content (AvgIpc) is 2.55. The van der Waals surface area contributed by atoms with E-state index in [-0.39, 0.29) is 30.7 Å². The number of benzene rings is 1. The zero-order valence-electron chi connectivity index (χ0n) is 14.5. The Morgan fingerprint density at radius 2 is 1.92 bits per heavy atom. The molecule has 0 aliphatic heterocycles. The van der Waals surface area contributed by atoms with E-state index >= 15 is 0 Å². The van der Waals surface area contributed by atoms with Crippen LogP contribution in [0.3, 0.4) is 0 Å². The van der Waals surface area contributed by atoms with Gasteiger partial charge < -0.3 is 10.6 Å². The van der Waals surface area contributed by atoms with Crippen LogP contribution in [-0.4, -0.2) is 17.9 Å². The fourth-order valence-corrected chi connectivity index (χ4v) is 3.67. The van der Waals surface area contributed by atoms with Gasteiger partial charge in [0.05, 0.1) is 0 Å². The van der Waals surface area contributed by atoms with E-state index < -0.39 is 0 Å². The van der Waals surface area contributed by atoms with Crippen molar-refractivity contribution < 1.29 is 9.59 Å². The SMILES string of the molecule is C[C@H]1[C@H](C)CCC[C@@H]1NC(=O)CCC(=O)NCc1cccc(Br)c1. The number of hydrogen-bond acceptors (Lipinski definition) is 2. The van der Waals surface area contributed by atoms with Crippen LogP contribution in [0.4, 0.5) is 0 Å². The summed E-state index contributed by atoms with van der Waals surface area (Å²) >= 11 is 3.41. The molecule has 132 valence electrons. The number of halogens is 1. The summed E-state index contributed by atoms with van der Waals surface area (Å²) in [6.07, 6.45) is 3.94. The monoisotopic (exact) mass is 394 g/mol. The Balaban J connectivity index is 1.68. The summed E-state index contributed by atoms with van der Waals surface area (Å²) in [5.41, 5.74) is 1.03. The van der Waals surface area contributed by atoms with E-state index in [1.807, 2.05) is 24.3 Å². The number of carbonyl (C=O) groups is 2. The second-order valence-electron chi connectivity index (χ2n) is 6.85. The highest BCUT2D eigenvalue weighted by molar-refractivity contribution is 9.10. The maximum Gasteiger partial charge on any atom is 0.220 e. The molecule has 0 spiro atoms. The minimum atomic E-state index is -0.0878.